The molecule has 1 heteroatoms. The normalized spacial score (nSPS) is 14.7. The van der Waals surface area contributed by atoms with Gasteiger partial charge < -0.3 is 4.90 Å². The van der Waals surface area contributed by atoms with Crippen LogP contribution in [0.4, 0.5) is 17.1 Å². The highest BCUT2D eigenvalue weighted by molar-refractivity contribution is 6.04. The summed E-state index contributed by atoms with van der Waals surface area (Å²) in [5.74, 6) is 0. The molecule has 0 aliphatic heterocycles. The second kappa shape index (κ2) is 15.6. The van der Waals surface area contributed by atoms with Crippen LogP contribution < -0.4 is 4.90 Å². The number of benzene rings is 11. The molecule has 11 rings (SSSR count). The monoisotopic (exact) mass is 790 g/mol. The van der Waals surface area contributed by atoms with Gasteiger partial charge in [0.2, 0.25) is 0 Å². The molecule has 11 aromatic carbocycles. The third-order valence-corrected chi connectivity index (χ3v) is 10.9. The van der Waals surface area contributed by atoms with Crippen LogP contribution in [0.25, 0.3) is 88.0 Å². The van der Waals surface area contributed by atoms with Gasteiger partial charge in [-0.3, -0.25) is 0 Å². The number of rotatable bonds is 8. The molecule has 11 aromatic rings. The Hall–Kier alpha value is -8.00. The van der Waals surface area contributed by atoms with Crippen molar-refractivity contribution in [2.75, 3.05) is 4.90 Å². The minimum atomic E-state index is -0.793. The molecule has 0 aliphatic rings. The van der Waals surface area contributed by atoms with Crippen molar-refractivity contribution in [3.8, 4) is 55.6 Å². The van der Waals surface area contributed by atoms with Gasteiger partial charge in [0.15, 0.2) is 0 Å². The van der Waals surface area contributed by atoms with E-state index in [0.29, 0.717) is 5.56 Å². The van der Waals surface area contributed by atoms with Gasteiger partial charge in [-0.1, -0.05) is 206 Å². The highest BCUT2D eigenvalue weighted by Crippen LogP contribution is 2.42. The zero-order valence-electron chi connectivity index (χ0n) is 47.5. The molecule has 0 bridgehead atoms. The van der Waals surface area contributed by atoms with E-state index in [9.17, 15) is 11.0 Å². The minimum absolute atomic E-state index is 0.0118. The Morgan fingerprint density at radius 3 is 1.61 bits per heavy atom. The van der Waals surface area contributed by atoms with Crippen molar-refractivity contribution in [1.82, 2.24) is 0 Å². The maximum atomic E-state index is 9.69. The lowest BCUT2D eigenvalue weighted by Crippen LogP contribution is -2.09. The highest BCUT2D eigenvalue weighted by atomic mass is 15.1. The summed E-state index contributed by atoms with van der Waals surface area (Å²) in [7, 11) is 0. The molecule has 0 heterocycles. The van der Waals surface area contributed by atoms with Crippen LogP contribution >= 0.6 is 0 Å². The predicted octanol–water partition coefficient (Wildman–Crippen LogP) is 17.0. The fourth-order valence-corrected chi connectivity index (χ4v) is 7.89. The molecule has 286 valence electrons. The quantitative estimate of drug-likeness (QED) is 0.148. The van der Waals surface area contributed by atoms with Crippen LogP contribution in [-0.4, -0.2) is 0 Å². The summed E-state index contributed by atoms with van der Waals surface area (Å²) in [6, 6.07) is 39.9. The van der Waals surface area contributed by atoms with Crippen LogP contribution in [-0.2, 0) is 0 Å². The highest BCUT2D eigenvalue weighted by Gasteiger charge is 2.17. The topological polar surface area (TPSA) is 3.24 Å². The number of hydrogen-bond donors (Lipinski definition) is 0. The molecule has 0 unspecified atom stereocenters. The Labute approximate surface area is 378 Å². The molecular weight excluding hydrogens is 735 g/mol. The van der Waals surface area contributed by atoms with Crippen molar-refractivity contribution >= 4 is 49.4 Å². The van der Waals surface area contributed by atoms with Crippen molar-refractivity contribution in [2.24, 2.45) is 0 Å². The van der Waals surface area contributed by atoms with Gasteiger partial charge in [0.1, 0.15) is 0 Å². The first kappa shape index (κ1) is 23.6. The summed E-state index contributed by atoms with van der Waals surface area (Å²) in [5, 5.41) is 3.30. The summed E-state index contributed by atoms with van der Waals surface area (Å²) in [6.07, 6.45) is 0. The number of fused-ring (bicyclic) bond motifs is 3. The van der Waals surface area contributed by atoms with Gasteiger partial charge in [-0.15, -0.1) is 0 Å². The molecule has 61 heavy (non-hydrogen) atoms. The Balaban J connectivity index is 1.13. The van der Waals surface area contributed by atoms with Crippen molar-refractivity contribution < 1.29 is 20.6 Å². The zero-order chi connectivity index (χ0) is 53.6. The van der Waals surface area contributed by atoms with Gasteiger partial charge >= 0.3 is 0 Å². The third kappa shape index (κ3) is 6.93. The lowest BCUT2D eigenvalue weighted by Gasteiger charge is -2.26. The van der Waals surface area contributed by atoms with Crippen LogP contribution in [0.15, 0.2) is 248 Å². The Kier molecular flexibility index (Phi) is 6.04. The maximum Gasteiger partial charge on any atom is 0.0645 e. The summed E-state index contributed by atoms with van der Waals surface area (Å²) >= 11 is 0. The Morgan fingerprint density at radius 2 is 0.852 bits per heavy atom. The van der Waals surface area contributed by atoms with Crippen molar-refractivity contribution in [3.05, 3.63) is 248 Å². The first-order chi connectivity index (χ1) is 36.5. The predicted molar refractivity (Wildman–Crippen MR) is 261 cm³/mol. The second-order valence-corrected chi connectivity index (χ2v) is 14.5. The van der Waals surface area contributed by atoms with Gasteiger partial charge in [0.05, 0.1) is 20.6 Å². The van der Waals surface area contributed by atoms with E-state index in [-0.39, 0.29) is 11.3 Å². The molecule has 0 aliphatic carbocycles. The molecule has 0 N–H and O–H groups in total. The van der Waals surface area contributed by atoms with Crippen LogP contribution in [0.1, 0.15) is 20.6 Å². The average molecular weight is 791 g/mol. The molecule has 0 radical (unpaired) electrons. The van der Waals surface area contributed by atoms with Crippen molar-refractivity contribution in [3.63, 3.8) is 0 Å². The van der Waals surface area contributed by atoms with Crippen LogP contribution in [0, 0.1) is 0 Å². The van der Waals surface area contributed by atoms with Gasteiger partial charge in [0, 0.05) is 17.1 Å². The number of hydrogen-bond acceptors (Lipinski definition) is 1. The van der Waals surface area contributed by atoms with E-state index in [0.717, 1.165) is 59.8 Å². The van der Waals surface area contributed by atoms with E-state index < -0.39 is 124 Å². The lowest BCUT2D eigenvalue weighted by atomic mass is 9.90. The van der Waals surface area contributed by atoms with Gasteiger partial charge in [0.25, 0.3) is 0 Å². The van der Waals surface area contributed by atoms with E-state index in [4.69, 9.17) is 9.60 Å². The van der Waals surface area contributed by atoms with Crippen molar-refractivity contribution in [2.45, 2.75) is 0 Å². The molecule has 0 amide bonds. The van der Waals surface area contributed by atoms with Gasteiger partial charge in [-0.05, 0) is 130 Å². The van der Waals surface area contributed by atoms with E-state index in [1.807, 2.05) is 115 Å². The standard InChI is InChI=1S/C60H41N/c1-2-14-50(15-3-1)60-58-19-9-7-13-47(58)33-40-59(60)49-31-38-55(39-32-49)61(54-36-29-48(30-37-54)57-20-10-17-46-12-6-8-18-56(46)57)53-34-27-44(28-35-53)43-21-23-45(24-22-43)52-26-25-42-11-4-5-16-51(42)41-52/h1-41H/i6D,8D,10D,12D,17D,18D,20D,27D,28D,29D,30D,34D,35D,36D,37D. The molecule has 1 nitrogen and oxygen atoms in total. The second-order valence-electron chi connectivity index (χ2n) is 14.5. The molecule has 0 aromatic heterocycles. The summed E-state index contributed by atoms with van der Waals surface area (Å²) in [5.41, 5.74) is 3.89. The van der Waals surface area contributed by atoms with E-state index in [1.165, 1.54) is 0 Å². The first-order valence-electron chi connectivity index (χ1n) is 27.3. The largest absolute Gasteiger partial charge is 0.311 e. The number of nitrogens with zero attached hydrogens (tertiary/aromatic N) is 1. The first-order valence-corrected chi connectivity index (χ1v) is 19.8. The van der Waals surface area contributed by atoms with Gasteiger partial charge in [-0.25, -0.2) is 0 Å². The molecule has 0 saturated heterocycles. The Morgan fingerprint density at radius 1 is 0.279 bits per heavy atom. The summed E-state index contributed by atoms with van der Waals surface area (Å²) in [6.45, 7) is 0. The van der Waals surface area contributed by atoms with Crippen LogP contribution in [0.2, 0.25) is 0 Å². The molecule has 0 spiro atoms. The lowest BCUT2D eigenvalue weighted by molar-refractivity contribution is 1.28. The fourth-order valence-electron chi connectivity index (χ4n) is 7.89. The molecule has 0 fully saturated rings. The smallest absolute Gasteiger partial charge is 0.0645 e. The van der Waals surface area contributed by atoms with Crippen molar-refractivity contribution in [1.29, 1.82) is 0 Å². The van der Waals surface area contributed by atoms with E-state index in [2.05, 4.69) is 6.07 Å². The fraction of sp³-hybridized carbons (Fsp3) is 0. The minimum Gasteiger partial charge on any atom is -0.311 e. The van der Waals surface area contributed by atoms with Gasteiger partial charge in [-0.2, -0.15) is 0 Å². The summed E-state index contributed by atoms with van der Waals surface area (Å²) < 4.78 is 137. The van der Waals surface area contributed by atoms with E-state index >= 15 is 0 Å². The Bertz CT molecular complexity index is 4150. The third-order valence-electron chi connectivity index (χ3n) is 10.9. The average Bonchev–Trinajstić information content (AvgIpc) is 3.47. The summed E-state index contributed by atoms with van der Waals surface area (Å²) in [4.78, 5) is 1.16. The van der Waals surface area contributed by atoms with E-state index in [1.54, 1.807) is 36.4 Å². The number of anilines is 3. The molecular formula is C60H41N. The maximum absolute atomic E-state index is 9.69. The van der Waals surface area contributed by atoms with Crippen LogP contribution in [0.5, 0.6) is 0 Å². The SMILES string of the molecule is [2H]c1c([2H])c(N(c2ccc(-c3ccc4ccccc4c3-c3ccccc3)cc2)c2c([2H])c([2H])c(-c3c([2H])c([2H])c([2H])c4c([2H])c([2H])c([2H])c([2H])c34)c([2H])c2[2H])c([2H])c([2H])c1-c1ccc(-c2ccc3ccccc3c2)cc1. The zero-order valence-corrected chi connectivity index (χ0v) is 32.5. The van der Waals surface area contributed by atoms with Crippen LogP contribution in [0.3, 0.4) is 0 Å². The molecule has 0 atom stereocenters. The molecule has 0 saturated carbocycles.